The fourth-order valence-corrected chi connectivity index (χ4v) is 3.84. The molecule has 1 fully saturated rings. The highest BCUT2D eigenvalue weighted by Gasteiger charge is 2.20. The van der Waals surface area contributed by atoms with Gasteiger partial charge in [-0.25, -0.2) is 9.97 Å². The average molecular weight is 331 g/mol. The van der Waals surface area contributed by atoms with Gasteiger partial charge in [-0.05, 0) is 41.7 Å². The maximum atomic E-state index is 4.86. The molecule has 0 unspecified atom stereocenters. The van der Waals surface area contributed by atoms with Crippen molar-refractivity contribution < 1.29 is 0 Å². The zero-order chi connectivity index (χ0) is 17.1. The predicted octanol–water partition coefficient (Wildman–Crippen LogP) is 5.31. The van der Waals surface area contributed by atoms with E-state index in [0.29, 0.717) is 0 Å². The van der Waals surface area contributed by atoms with Gasteiger partial charge in [-0.15, -0.1) is 0 Å². The van der Waals surface area contributed by atoms with Crippen molar-refractivity contribution in [1.29, 1.82) is 0 Å². The molecule has 0 atom stereocenters. The average Bonchev–Trinajstić information content (AvgIpc) is 2.68. The highest BCUT2D eigenvalue weighted by Crippen LogP contribution is 2.27. The van der Waals surface area contributed by atoms with Crippen molar-refractivity contribution in [3.63, 3.8) is 0 Å². The van der Waals surface area contributed by atoms with Crippen LogP contribution in [0.4, 0.5) is 5.95 Å². The van der Waals surface area contributed by atoms with E-state index < -0.39 is 0 Å². The Kier molecular flexibility index (Phi) is 4.64. The van der Waals surface area contributed by atoms with Crippen molar-refractivity contribution in [3.05, 3.63) is 54.7 Å². The van der Waals surface area contributed by atoms with Gasteiger partial charge in [0.05, 0.1) is 5.69 Å². The summed E-state index contributed by atoms with van der Waals surface area (Å²) in [6.45, 7) is 4.43. The van der Waals surface area contributed by atoms with E-state index >= 15 is 0 Å². The number of benzene rings is 2. The zero-order valence-corrected chi connectivity index (χ0v) is 14.9. The second kappa shape index (κ2) is 7.22. The molecule has 0 spiro atoms. The lowest BCUT2D eigenvalue weighted by Crippen LogP contribution is -2.34. The van der Waals surface area contributed by atoms with E-state index in [-0.39, 0.29) is 0 Å². The van der Waals surface area contributed by atoms with Crippen LogP contribution < -0.4 is 4.90 Å². The molecular formula is C22H25N3. The first-order valence-electron chi connectivity index (χ1n) is 9.40. The van der Waals surface area contributed by atoms with Crippen LogP contribution in [0.25, 0.3) is 22.0 Å². The molecule has 3 heteroatoms. The van der Waals surface area contributed by atoms with E-state index in [1.807, 2.05) is 12.3 Å². The van der Waals surface area contributed by atoms with Gasteiger partial charge < -0.3 is 4.90 Å². The summed E-state index contributed by atoms with van der Waals surface area (Å²) >= 11 is 0. The molecule has 128 valence electrons. The summed E-state index contributed by atoms with van der Waals surface area (Å²) in [4.78, 5) is 11.7. The molecule has 25 heavy (non-hydrogen) atoms. The molecule has 2 heterocycles. The standard InChI is InChI=1S/C22H25N3/c1-2-5-17-11-14-25(15-12-17)22-23-13-10-21(24-22)20-9-8-18-6-3-4-7-19(18)16-20/h3-4,6-10,13,16-17H,2,5,11-12,14-15H2,1H3. The molecule has 2 aromatic carbocycles. The molecule has 1 aromatic heterocycles. The SMILES string of the molecule is CCCC1CCN(c2nccc(-c3ccc4ccccc4c3)n2)CC1. The van der Waals surface area contributed by atoms with Crippen molar-refractivity contribution in [2.45, 2.75) is 32.6 Å². The van der Waals surface area contributed by atoms with Gasteiger partial charge in [0, 0.05) is 24.8 Å². The lowest BCUT2D eigenvalue weighted by molar-refractivity contribution is 0.376. The number of hydrogen-bond donors (Lipinski definition) is 0. The molecule has 0 radical (unpaired) electrons. The molecule has 0 saturated carbocycles. The summed E-state index contributed by atoms with van der Waals surface area (Å²) < 4.78 is 0. The molecule has 3 aromatic rings. The smallest absolute Gasteiger partial charge is 0.225 e. The maximum Gasteiger partial charge on any atom is 0.225 e. The summed E-state index contributed by atoms with van der Waals surface area (Å²) in [5, 5.41) is 2.51. The minimum atomic E-state index is 0.876. The number of hydrogen-bond acceptors (Lipinski definition) is 3. The lowest BCUT2D eigenvalue weighted by Gasteiger charge is -2.32. The van der Waals surface area contributed by atoms with E-state index in [1.165, 1.54) is 36.5 Å². The molecule has 0 amide bonds. The third kappa shape index (κ3) is 3.51. The first-order valence-corrected chi connectivity index (χ1v) is 9.40. The van der Waals surface area contributed by atoms with Crippen LogP contribution in [0.2, 0.25) is 0 Å². The number of anilines is 1. The second-order valence-corrected chi connectivity index (χ2v) is 7.02. The molecule has 4 rings (SSSR count). The van der Waals surface area contributed by atoms with Gasteiger partial charge in [0.15, 0.2) is 0 Å². The van der Waals surface area contributed by atoms with Crippen LogP contribution >= 0.6 is 0 Å². The van der Waals surface area contributed by atoms with Crippen LogP contribution in [0, 0.1) is 5.92 Å². The van der Waals surface area contributed by atoms with Crippen LogP contribution in [0.3, 0.4) is 0 Å². The van der Waals surface area contributed by atoms with E-state index in [9.17, 15) is 0 Å². The lowest BCUT2D eigenvalue weighted by atomic mass is 9.93. The molecule has 3 nitrogen and oxygen atoms in total. The summed E-state index contributed by atoms with van der Waals surface area (Å²) in [6, 6.07) is 17.0. The van der Waals surface area contributed by atoms with Gasteiger partial charge in [0.25, 0.3) is 0 Å². The van der Waals surface area contributed by atoms with E-state index in [1.54, 1.807) is 0 Å². The minimum absolute atomic E-state index is 0.876. The van der Waals surface area contributed by atoms with Crippen molar-refractivity contribution in [1.82, 2.24) is 9.97 Å². The number of piperidine rings is 1. The molecule has 0 N–H and O–H groups in total. The van der Waals surface area contributed by atoms with Crippen molar-refractivity contribution in [2.24, 2.45) is 5.92 Å². The monoisotopic (exact) mass is 331 g/mol. The molecule has 0 bridgehead atoms. The Bertz CT molecular complexity index is 851. The van der Waals surface area contributed by atoms with Gasteiger partial charge in [0.1, 0.15) is 0 Å². The van der Waals surface area contributed by atoms with Crippen LogP contribution in [-0.2, 0) is 0 Å². The Hall–Kier alpha value is -2.42. The Morgan fingerprint density at radius 2 is 1.80 bits per heavy atom. The Balaban J connectivity index is 1.56. The second-order valence-electron chi connectivity index (χ2n) is 7.02. The van der Waals surface area contributed by atoms with Crippen LogP contribution in [0.5, 0.6) is 0 Å². The Morgan fingerprint density at radius 1 is 1.00 bits per heavy atom. The largest absolute Gasteiger partial charge is 0.341 e. The van der Waals surface area contributed by atoms with Crippen molar-refractivity contribution in [3.8, 4) is 11.3 Å². The third-order valence-corrected chi connectivity index (χ3v) is 5.28. The van der Waals surface area contributed by atoms with Gasteiger partial charge in [-0.1, -0.05) is 56.2 Å². The van der Waals surface area contributed by atoms with E-state index in [0.717, 1.165) is 36.2 Å². The summed E-state index contributed by atoms with van der Waals surface area (Å²) in [6.07, 6.45) is 7.06. The van der Waals surface area contributed by atoms with Gasteiger partial charge >= 0.3 is 0 Å². The topological polar surface area (TPSA) is 29.0 Å². The molecule has 1 saturated heterocycles. The summed E-state index contributed by atoms with van der Waals surface area (Å²) in [5.74, 6) is 1.76. The maximum absolute atomic E-state index is 4.86. The number of aromatic nitrogens is 2. The fourth-order valence-electron chi connectivity index (χ4n) is 3.84. The van der Waals surface area contributed by atoms with Crippen LogP contribution in [0.1, 0.15) is 32.6 Å². The van der Waals surface area contributed by atoms with E-state index in [4.69, 9.17) is 4.98 Å². The Labute approximate surface area is 149 Å². The fraction of sp³-hybridized carbons (Fsp3) is 0.364. The quantitative estimate of drug-likeness (QED) is 0.648. The number of nitrogens with zero attached hydrogens (tertiary/aromatic N) is 3. The molecular weight excluding hydrogens is 306 g/mol. The minimum Gasteiger partial charge on any atom is -0.341 e. The first kappa shape index (κ1) is 16.1. The number of fused-ring (bicyclic) bond motifs is 1. The van der Waals surface area contributed by atoms with Crippen molar-refractivity contribution >= 4 is 16.7 Å². The van der Waals surface area contributed by atoms with Crippen LogP contribution in [-0.4, -0.2) is 23.1 Å². The highest BCUT2D eigenvalue weighted by molar-refractivity contribution is 5.86. The van der Waals surface area contributed by atoms with Gasteiger partial charge in [-0.3, -0.25) is 0 Å². The zero-order valence-electron chi connectivity index (χ0n) is 14.9. The highest BCUT2D eigenvalue weighted by atomic mass is 15.2. The van der Waals surface area contributed by atoms with Crippen LogP contribution in [0.15, 0.2) is 54.7 Å². The number of rotatable bonds is 4. The van der Waals surface area contributed by atoms with Crippen molar-refractivity contribution in [2.75, 3.05) is 18.0 Å². The van der Waals surface area contributed by atoms with E-state index in [2.05, 4.69) is 59.3 Å². The molecule has 1 aliphatic heterocycles. The summed E-state index contributed by atoms with van der Waals surface area (Å²) in [5.41, 5.74) is 2.16. The first-order chi connectivity index (χ1) is 12.3. The normalized spacial score (nSPS) is 15.6. The molecule has 0 aliphatic carbocycles. The van der Waals surface area contributed by atoms with Gasteiger partial charge in [-0.2, -0.15) is 0 Å². The third-order valence-electron chi connectivity index (χ3n) is 5.28. The van der Waals surface area contributed by atoms with Gasteiger partial charge in [0.2, 0.25) is 5.95 Å². The molecule has 1 aliphatic rings. The Morgan fingerprint density at radius 3 is 2.60 bits per heavy atom. The predicted molar refractivity (Wildman–Crippen MR) is 105 cm³/mol. The summed E-state index contributed by atoms with van der Waals surface area (Å²) in [7, 11) is 0.